The predicted molar refractivity (Wildman–Crippen MR) is 167 cm³/mol. The van der Waals surface area contributed by atoms with E-state index < -0.39 is 26.2 Å². The fourth-order valence-corrected chi connectivity index (χ4v) is 8.33. The number of hydrogen-bond donors (Lipinski definition) is 1. The number of hydrogen-bond acceptors (Lipinski definition) is 4. The van der Waals surface area contributed by atoms with Crippen molar-refractivity contribution in [2.24, 2.45) is 5.41 Å². The van der Waals surface area contributed by atoms with Crippen molar-refractivity contribution in [2.75, 3.05) is 13.2 Å². The summed E-state index contributed by atoms with van der Waals surface area (Å²) in [7, 11) is -2.21. The fraction of sp³-hybridized carbons (Fsp3) is 0.629. The van der Waals surface area contributed by atoms with Crippen LogP contribution in [0.5, 0.6) is 0 Å². The lowest BCUT2D eigenvalue weighted by Gasteiger charge is -2.46. The first-order valence-electron chi connectivity index (χ1n) is 15.9. The van der Waals surface area contributed by atoms with Gasteiger partial charge in [-0.15, -0.1) is 0 Å². The van der Waals surface area contributed by atoms with Gasteiger partial charge in [-0.05, 0) is 90.4 Å². The molecule has 1 aromatic heterocycles. The average molecular weight is 616 g/mol. The van der Waals surface area contributed by atoms with E-state index in [1.165, 1.54) is 37.8 Å². The summed E-state index contributed by atoms with van der Waals surface area (Å²) in [6.07, 6.45) is 3.68. The molecule has 2 atom stereocenters. The van der Waals surface area contributed by atoms with E-state index in [0.29, 0.717) is 30.8 Å². The van der Waals surface area contributed by atoms with Crippen molar-refractivity contribution in [1.82, 2.24) is 4.98 Å². The highest BCUT2D eigenvalue weighted by atomic mass is 28.4. The normalized spacial score (nSPS) is 21.7. The molecule has 1 aromatic carbocycles. The molecular weight excluding hydrogens is 567 g/mol. The summed E-state index contributed by atoms with van der Waals surface area (Å²) in [5.41, 5.74) is 5.63. The minimum atomic E-state index is -4.44. The van der Waals surface area contributed by atoms with Gasteiger partial charge in [-0.25, -0.2) is 0 Å². The van der Waals surface area contributed by atoms with Gasteiger partial charge in [0, 0.05) is 22.5 Å². The molecule has 43 heavy (non-hydrogen) atoms. The molecule has 1 spiro atoms. The van der Waals surface area contributed by atoms with Gasteiger partial charge in [-0.1, -0.05) is 65.7 Å². The van der Waals surface area contributed by atoms with Crippen LogP contribution in [0.2, 0.25) is 18.1 Å². The van der Waals surface area contributed by atoms with E-state index in [4.69, 9.17) is 14.1 Å². The van der Waals surface area contributed by atoms with Gasteiger partial charge in [-0.3, -0.25) is 4.98 Å². The highest BCUT2D eigenvalue weighted by molar-refractivity contribution is 6.74. The van der Waals surface area contributed by atoms with Crippen molar-refractivity contribution in [1.29, 1.82) is 0 Å². The Kier molecular flexibility index (Phi) is 8.84. The van der Waals surface area contributed by atoms with Gasteiger partial charge in [0.1, 0.15) is 6.10 Å². The molecule has 0 amide bonds. The highest BCUT2D eigenvalue weighted by Crippen LogP contribution is 2.56. The van der Waals surface area contributed by atoms with Crippen molar-refractivity contribution in [3.63, 3.8) is 0 Å². The quantitative estimate of drug-likeness (QED) is 0.329. The fourth-order valence-electron chi connectivity index (χ4n) is 7.06. The number of pyridine rings is 1. The van der Waals surface area contributed by atoms with E-state index in [9.17, 15) is 18.3 Å². The number of alkyl halides is 3. The van der Waals surface area contributed by atoms with E-state index in [-0.39, 0.29) is 22.5 Å². The number of fused-ring (bicyclic) bond motifs is 1. The molecule has 0 radical (unpaired) electrons. The van der Waals surface area contributed by atoms with Crippen molar-refractivity contribution < 1.29 is 27.4 Å². The molecule has 5 rings (SSSR count). The Balaban J connectivity index is 1.76. The molecule has 1 saturated carbocycles. The van der Waals surface area contributed by atoms with E-state index in [2.05, 4.69) is 53.8 Å². The van der Waals surface area contributed by atoms with Crippen LogP contribution in [0.25, 0.3) is 5.57 Å². The highest BCUT2D eigenvalue weighted by Gasteiger charge is 2.48. The molecular formula is C35H48F3NO3Si. The van der Waals surface area contributed by atoms with E-state index in [1.807, 2.05) is 0 Å². The zero-order valence-electron chi connectivity index (χ0n) is 26.8. The van der Waals surface area contributed by atoms with E-state index in [1.54, 1.807) is 0 Å². The Labute approximate surface area is 256 Å². The van der Waals surface area contributed by atoms with Crippen LogP contribution in [-0.4, -0.2) is 31.6 Å². The number of benzene rings is 1. The van der Waals surface area contributed by atoms with Crippen molar-refractivity contribution in [3.8, 4) is 0 Å². The minimum Gasteiger partial charge on any atom is -0.410 e. The maximum absolute atomic E-state index is 13.4. The molecule has 0 saturated heterocycles. The van der Waals surface area contributed by atoms with Gasteiger partial charge in [0.2, 0.25) is 0 Å². The average Bonchev–Trinajstić information content (AvgIpc) is 3.37. The summed E-state index contributed by atoms with van der Waals surface area (Å²) in [5.74, 6) is 0.00445. The summed E-state index contributed by atoms with van der Waals surface area (Å²) < 4.78 is 53.2. The SMILES string of the molecule is CC(C)c1nc2c(c(C3=CCOCC3)c1C(O)c1ccc(C(F)(F)F)cc1)C(O[Si](C)(C)C(C)(C)C)CC1(CCCC1)C2. The second-order valence-electron chi connectivity index (χ2n) is 14.8. The molecule has 4 nitrogen and oxygen atoms in total. The van der Waals surface area contributed by atoms with Crippen molar-refractivity contribution >= 4 is 13.9 Å². The molecule has 2 aromatic rings. The lowest BCUT2D eigenvalue weighted by atomic mass is 9.68. The maximum Gasteiger partial charge on any atom is 0.416 e. The van der Waals surface area contributed by atoms with E-state index >= 15 is 0 Å². The van der Waals surface area contributed by atoms with Gasteiger partial charge in [0.15, 0.2) is 8.32 Å². The number of aromatic nitrogens is 1. The molecule has 2 heterocycles. The number of halogens is 3. The predicted octanol–water partition coefficient (Wildman–Crippen LogP) is 9.68. The molecule has 1 fully saturated rings. The van der Waals surface area contributed by atoms with Crippen LogP contribution in [0.4, 0.5) is 13.2 Å². The Hall–Kier alpha value is -2.00. The Bertz CT molecular complexity index is 1350. The van der Waals surface area contributed by atoms with Gasteiger partial charge in [0.05, 0.1) is 24.9 Å². The van der Waals surface area contributed by atoms with Gasteiger partial charge < -0.3 is 14.3 Å². The summed E-state index contributed by atoms with van der Waals surface area (Å²) in [6, 6.07) is 4.91. The third kappa shape index (κ3) is 6.40. The molecule has 3 aliphatic rings. The summed E-state index contributed by atoms with van der Waals surface area (Å²) in [4.78, 5) is 5.37. The van der Waals surface area contributed by atoms with Gasteiger partial charge >= 0.3 is 6.18 Å². The van der Waals surface area contributed by atoms with Crippen LogP contribution in [0.1, 0.15) is 130 Å². The number of aliphatic hydroxyl groups is 1. The second-order valence-corrected chi connectivity index (χ2v) is 19.6. The third-order valence-corrected chi connectivity index (χ3v) is 14.9. The topological polar surface area (TPSA) is 51.6 Å². The largest absolute Gasteiger partial charge is 0.416 e. The summed E-state index contributed by atoms with van der Waals surface area (Å²) in [6.45, 7) is 16.6. The number of aliphatic hydroxyl groups excluding tert-OH is 1. The Morgan fingerprint density at radius 1 is 1.07 bits per heavy atom. The van der Waals surface area contributed by atoms with Gasteiger partial charge in [-0.2, -0.15) is 13.2 Å². The van der Waals surface area contributed by atoms with Crippen LogP contribution < -0.4 is 0 Å². The first-order valence-corrected chi connectivity index (χ1v) is 18.8. The first-order chi connectivity index (χ1) is 20.0. The lowest BCUT2D eigenvalue weighted by Crippen LogP contribution is -2.44. The smallest absolute Gasteiger partial charge is 0.410 e. The van der Waals surface area contributed by atoms with Gasteiger partial charge in [0.25, 0.3) is 0 Å². The summed E-state index contributed by atoms with van der Waals surface area (Å²) >= 11 is 0. The molecule has 2 aliphatic carbocycles. The first kappa shape index (κ1) is 32.4. The number of nitrogens with zero attached hydrogens (tertiary/aromatic N) is 1. The minimum absolute atomic E-state index is 0.00445. The monoisotopic (exact) mass is 615 g/mol. The Morgan fingerprint density at radius 2 is 1.72 bits per heavy atom. The van der Waals surface area contributed by atoms with Crippen LogP contribution >= 0.6 is 0 Å². The summed E-state index contributed by atoms with van der Waals surface area (Å²) in [5, 5.41) is 12.1. The zero-order chi connectivity index (χ0) is 31.4. The molecule has 0 bridgehead atoms. The van der Waals surface area contributed by atoms with Crippen molar-refractivity contribution in [3.05, 3.63) is 69.5 Å². The molecule has 1 aliphatic heterocycles. The lowest BCUT2D eigenvalue weighted by molar-refractivity contribution is -0.137. The maximum atomic E-state index is 13.4. The van der Waals surface area contributed by atoms with Crippen LogP contribution in [0.15, 0.2) is 30.3 Å². The van der Waals surface area contributed by atoms with Crippen LogP contribution in [0.3, 0.4) is 0 Å². The van der Waals surface area contributed by atoms with E-state index in [0.717, 1.165) is 53.1 Å². The number of rotatable bonds is 6. The Morgan fingerprint density at radius 3 is 2.26 bits per heavy atom. The third-order valence-electron chi connectivity index (χ3n) is 10.4. The molecule has 1 N–H and O–H groups in total. The number of ether oxygens (including phenoxy) is 1. The van der Waals surface area contributed by atoms with Crippen LogP contribution in [-0.2, 0) is 21.8 Å². The molecule has 2 unspecified atom stereocenters. The second kappa shape index (κ2) is 11.7. The van der Waals surface area contributed by atoms with Crippen LogP contribution in [0, 0.1) is 5.41 Å². The molecule has 236 valence electrons. The standard InChI is InChI=1S/C35H48F3NO3Si/c1-22(2)31-30(32(40)24-10-12-25(13-11-24)35(36,37)38)28(23-14-18-41-19-15-23)29-26(39-31)20-34(16-8-9-17-34)21-27(29)42-43(6,7)33(3,4)5/h10-14,22,27,32,40H,8-9,15-21H2,1-7H3. The zero-order valence-corrected chi connectivity index (χ0v) is 27.8. The van der Waals surface area contributed by atoms with Crippen molar-refractivity contribution in [2.45, 2.75) is 122 Å². The molecule has 8 heteroatoms.